The zero-order valence-corrected chi connectivity index (χ0v) is 9.77. The molecule has 1 aromatic heterocycles. The summed E-state index contributed by atoms with van der Waals surface area (Å²) in [4.78, 5) is 0. The predicted molar refractivity (Wildman–Crippen MR) is 63.3 cm³/mol. The SMILES string of the molecule is COc1ccc(OC)c(Cc2cnoc2N)c1. The molecule has 0 saturated carbocycles. The van der Waals surface area contributed by atoms with Crippen molar-refractivity contribution in [3.05, 3.63) is 35.5 Å². The summed E-state index contributed by atoms with van der Waals surface area (Å²) in [5.74, 6) is 1.89. The zero-order chi connectivity index (χ0) is 12.3. The second-order valence-electron chi connectivity index (χ2n) is 3.57. The highest BCUT2D eigenvalue weighted by Gasteiger charge is 2.10. The average molecular weight is 234 g/mol. The molecule has 0 aliphatic carbocycles. The minimum atomic E-state index is 0.329. The van der Waals surface area contributed by atoms with E-state index in [-0.39, 0.29) is 0 Å². The molecule has 0 amide bonds. The summed E-state index contributed by atoms with van der Waals surface area (Å²) in [6.07, 6.45) is 2.20. The fourth-order valence-corrected chi connectivity index (χ4v) is 1.63. The normalized spacial score (nSPS) is 10.2. The highest BCUT2D eigenvalue weighted by Crippen LogP contribution is 2.27. The number of hydrogen-bond acceptors (Lipinski definition) is 5. The van der Waals surface area contributed by atoms with Crippen molar-refractivity contribution in [2.45, 2.75) is 6.42 Å². The Balaban J connectivity index is 2.33. The molecule has 2 rings (SSSR count). The molecular formula is C12H14N2O3. The van der Waals surface area contributed by atoms with Crippen molar-refractivity contribution in [1.29, 1.82) is 0 Å². The van der Waals surface area contributed by atoms with E-state index >= 15 is 0 Å². The Bertz CT molecular complexity index is 508. The molecule has 5 nitrogen and oxygen atoms in total. The molecule has 0 radical (unpaired) electrons. The molecule has 2 aromatic rings. The van der Waals surface area contributed by atoms with E-state index in [1.54, 1.807) is 20.4 Å². The van der Waals surface area contributed by atoms with Gasteiger partial charge in [-0.3, -0.25) is 0 Å². The summed E-state index contributed by atoms with van der Waals surface area (Å²) in [5.41, 5.74) is 7.45. The Morgan fingerprint density at radius 1 is 1.24 bits per heavy atom. The van der Waals surface area contributed by atoms with Crippen LogP contribution in [0.4, 0.5) is 5.88 Å². The van der Waals surface area contributed by atoms with Gasteiger partial charge in [0.1, 0.15) is 11.5 Å². The van der Waals surface area contributed by atoms with Gasteiger partial charge in [0.05, 0.1) is 20.4 Å². The van der Waals surface area contributed by atoms with E-state index < -0.39 is 0 Å². The zero-order valence-electron chi connectivity index (χ0n) is 9.77. The highest BCUT2D eigenvalue weighted by molar-refractivity contribution is 5.46. The van der Waals surface area contributed by atoms with E-state index in [2.05, 4.69) is 5.16 Å². The van der Waals surface area contributed by atoms with Crippen LogP contribution in [-0.4, -0.2) is 19.4 Å². The number of ether oxygens (including phenoxy) is 2. The van der Waals surface area contributed by atoms with Crippen LogP contribution >= 0.6 is 0 Å². The number of rotatable bonds is 4. The third kappa shape index (κ3) is 2.33. The first-order valence-electron chi connectivity index (χ1n) is 5.14. The van der Waals surface area contributed by atoms with E-state index in [0.29, 0.717) is 12.3 Å². The highest BCUT2D eigenvalue weighted by atomic mass is 16.5. The lowest BCUT2D eigenvalue weighted by Gasteiger charge is -2.09. The summed E-state index contributed by atoms with van der Waals surface area (Å²) in [6.45, 7) is 0. The van der Waals surface area contributed by atoms with E-state index in [9.17, 15) is 0 Å². The minimum Gasteiger partial charge on any atom is -0.497 e. The Morgan fingerprint density at radius 3 is 2.65 bits per heavy atom. The second-order valence-corrected chi connectivity index (χ2v) is 3.57. The van der Waals surface area contributed by atoms with Gasteiger partial charge in [-0.25, -0.2) is 0 Å². The molecule has 5 heteroatoms. The first-order valence-corrected chi connectivity index (χ1v) is 5.14. The molecule has 1 aromatic carbocycles. The van der Waals surface area contributed by atoms with Gasteiger partial charge in [-0.05, 0) is 18.2 Å². The van der Waals surface area contributed by atoms with Crippen molar-refractivity contribution in [2.75, 3.05) is 20.0 Å². The second kappa shape index (κ2) is 4.78. The van der Waals surface area contributed by atoms with Crippen LogP contribution in [0.15, 0.2) is 28.9 Å². The van der Waals surface area contributed by atoms with Crippen molar-refractivity contribution in [2.24, 2.45) is 0 Å². The molecule has 0 saturated heterocycles. The molecule has 0 atom stereocenters. The Labute approximate surface area is 99.1 Å². The van der Waals surface area contributed by atoms with Crippen LogP contribution in [0.25, 0.3) is 0 Å². The molecule has 90 valence electrons. The molecule has 0 unspecified atom stereocenters. The Kier molecular flexibility index (Phi) is 3.18. The largest absolute Gasteiger partial charge is 0.497 e. The van der Waals surface area contributed by atoms with Gasteiger partial charge in [0.2, 0.25) is 5.88 Å². The lowest BCUT2D eigenvalue weighted by Crippen LogP contribution is -1.96. The number of aromatic nitrogens is 1. The summed E-state index contributed by atoms with van der Waals surface area (Å²) in [5, 5.41) is 3.64. The smallest absolute Gasteiger partial charge is 0.225 e. The van der Waals surface area contributed by atoms with Crippen LogP contribution in [0.1, 0.15) is 11.1 Å². The van der Waals surface area contributed by atoms with E-state index in [0.717, 1.165) is 22.6 Å². The van der Waals surface area contributed by atoms with Gasteiger partial charge in [0, 0.05) is 17.5 Å². The minimum absolute atomic E-state index is 0.329. The number of anilines is 1. The maximum absolute atomic E-state index is 5.65. The number of methoxy groups -OCH3 is 2. The molecule has 0 aliphatic heterocycles. The fourth-order valence-electron chi connectivity index (χ4n) is 1.63. The Morgan fingerprint density at radius 2 is 2.06 bits per heavy atom. The van der Waals surface area contributed by atoms with Gasteiger partial charge in [-0.15, -0.1) is 0 Å². The van der Waals surface area contributed by atoms with Crippen LogP contribution < -0.4 is 15.2 Å². The number of nitrogens with zero attached hydrogens (tertiary/aromatic N) is 1. The van der Waals surface area contributed by atoms with Crippen molar-refractivity contribution >= 4 is 5.88 Å². The third-order valence-corrected chi connectivity index (χ3v) is 2.54. The van der Waals surface area contributed by atoms with Crippen molar-refractivity contribution in [1.82, 2.24) is 5.16 Å². The molecule has 2 N–H and O–H groups in total. The summed E-state index contributed by atoms with van der Waals surface area (Å²) in [7, 11) is 3.25. The molecule has 0 fully saturated rings. The van der Waals surface area contributed by atoms with E-state index in [1.807, 2.05) is 18.2 Å². The van der Waals surface area contributed by atoms with Gasteiger partial charge < -0.3 is 19.7 Å². The number of nitrogen functional groups attached to an aromatic ring is 1. The maximum atomic E-state index is 5.65. The van der Waals surface area contributed by atoms with Crippen molar-refractivity contribution in [3.8, 4) is 11.5 Å². The first kappa shape index (κ1) is 11.3. The summed E-state index contributed by atoms with van der Waals surface area (Å²) >= 11 is 0. The van der Waals surface area contributed by atoms with Gasteiger partial charge in [0.15, 0.2) is 0 Å². The molecule has 0 spiro atoms. The van der Waals surface area contributed by atoms with Crippen LogP contribution in [0, 0.1) is 0 Å². The van der Waals surface area contributed by atoms with Crippen molar-refractivity contribution in [3.63, 3.8) is 0 Å². The molecule has 0 bridgehead atoms. The molecular weight excluding hydrogens is 220 g/mol. The number of hydrogen-bond donors (Lipinski definition) is 1. The van der Waals surface area contributed by atoms with Crippen LogP contribution in [0.5, 0.6) is 11.5 Å². The monoisotopic (exact) mass is 234 g/mol. The van der Waals surface area contributed by atoms with Gasteiger partial charge in [-0.1, -0.05) is 5.16 Å². The summed E-state index contributed by atoms with van der Waals surface area (Å²) in [6, 6.07) is 5.61. The summed E-state index contributed by atoms with van der Waals surface area (Å²) < 4.78 is 15.3. The quantitative estimate of drug-likeness (QED) is 0.874. The van der Waals surface area contributed by atoms with Crippen molar-refractivity contribution < 1.29 is 14.0 Å². The third-order valence-electron chi connectivity index (χ3n) is 2.54. The first-order chi connectivity index (χ1) is 8.24. The molecule has 1 heterocycles. The topological polar surface area (TPSA) is 70.5 Å². The maximum Gasteiger partial charge on any atom is 0.225 e. The van der Waals surface area contributed by atoms with E-state index in [4.69, 9.17) is 19.7 Å². The molecule has 17 heavy (non-hydrogen) atoms. The lowest BCUT2D eigenvalue weighted by molar-refractivity contribution is 0.399. The van der Waals surface area contributed by atoms with Crippen LogP contribution in [0.3, 0.4) is 0 Å². The van der Waals surface area contributed by atoms with Gasteiger partial charge in [-0.2, -0.15) is 0 Å². The standard InChI is InChI=1S/C12H14N2O3/c1-15-10-3-4-11(16-2)8(6-10)5-9-7-14-17-12(9)13/h3-4,6-7H,5,13H2,1-2H3. The van der Waals surface area contributed by atoms with E-state index in [1.165, 1.54) is 0 Å². The van der Waals surface area contributed by atoms with Gasteiger partial charge in [0.25, 0.3) is 0 Å². The Hall–Kier alpha value is -2.17. The predicted octanol–water partition coefficient (Wildman–Crippen LogP) is 1.86. The number of nitrogens with two attached hydrogens (primary N) is 1. The molecule has 0 aliphatic rings. The van der Waals surface area contributed by atoms with Crippen LogP contribution in [0.2, 0.25) is 0 Å². The number of benzene rings is 1. The lowest BCUT2D eigenvalue weighted by atomic mass is 10.1. The van der Waals surface area contributed by atoms with Gasteiger partial charge >= 0.3 is 0 Å². The fraction of sp³-hybridized carbons (Fsp3) is 0.250. The average Bonchev–Trinajstić information content (AvgIpc) is 2.75. The van der Waals surface area contributed by atoms with Crippen LogP contribution in [-0.2, 0) is 6.42 Å².